The Bertz CT molecular complexity index is 1210. The lowest BCUT2D eigenvalue weighted by molar-refractivity contribution is 0.0699. The number of aryl methyl sites for hydroxylation is 2. The van der Waals surface area contributed by atoms with E-state index in [1.807, 2.05) is 0 Å². The van der Waals surface area contributed by atoms with E-state index in [9.17, 15) is 14.3 Å². The zero-order chi connectivity index (χ0) is 20.0. The average molecular weight is 381 g/mol. The molecular formula is C20H16FN3O4. The number of furan rings is 1. The first-order valence-electron chi connectivity index (χ1n) is 8.41. The van der Waals surface area contributed by atoms with Crippen LogP contribution < -0.4 is 4.74 Å². The molecular weight excluding hydrogens is 365 g/mol. The van der Waals surface area contributed by atoms with Crippen molar-refractivity contribution in [2.45, 2.75) is 6.92 Å². The summed E-state index contributed by atoms with van der Waals surface area (Å²) in [6.07, 6.45) is 0. The zero-order valence-corrected chi connectivity index (χ0v) is 15.4. The zero-order valence-electron chi connectivity index (χ0n) is 15.4. The van der Waals surface area contributed by atoms with Gasteiger partial charge in [0, 0.05) is 18.0 Å². The first-order valence-corrected chi connectivity index (χ1v) is 8.41. The second kappa shape index (κ2) is 6.49. The topological polar surface area (TPSA) is 90.4 Å². The lowest BCUT2D eigenvalue weighted by Gasteiger charge is -2.07. The number of halogens is 1. The van der Waals surface area contributed by atoms with Gasteiger partial charge in [0.05, 0.1) is 12.7 Å². The summed E-state index contributed by atoms with van der Waals surface area (Å²) in [4.78, 5) is 16.3. The summed E-state index contributed by atoms with van der Waals surface area (Å²) in [5.74, 6) is 0.179. The lowest BCUT2D eigenvalue weighted by Crippen LogP contribution is -1.99. The molecule has 0 unspecified atom stereocenters. The van der Waals surface area contributed by atoms with Crippen LogP contribution in [0.15, 0.2) is 40.8 Å². The van der Waals surface area contributed by atoms with Crippen molar-refractivity contribution in [1.29, 1.82) is 0 Å². The number of carboxylic acids is 1. The van der Waals surface area contributed by atoms with E-state index < -0.39 is 11.8 Å². The van der Waals surface area contributed by atoms with E-state index in [1.165, 1.54) is 31.4 Å². The third kappa shape index (κ3) is 2.79. The van der Waals surface area contributed by atoms with Crippen LogP contribution in [0, 0.1) is 12.7 Å². The Labute approximate surface area is 159 Å². The highest BCUT2D eigenvalue weighted by Gasteiger charge is 2.25. The summed E-state index contributed by atoms with van der Waals surface area (Å²) >= 11 is 0. The maximum atomic E-state index is 13.3. The van der Waals surface area contributed by atoms with Crippen molar-refractivity contribution in [3.8, 4) is 28.5 Å². The van der Waals surface area contributed by atoms with Crippen molar-refractivity contribution in [3.05, 3.63) is 53.6 Å². The second-order valence-corrected chi connectivity index (χ2v) is 6.27. The van der Waals surface area contributed by atoms with E-state index in [2.05, 4.69) is 10.1 Å². The molecule has 28 heavy (non-hydrogen) atoms. The van der Waals surface area contributed by atoms with Crippen molar-refractivity contribution in [2.75, 3.05) is 7.11 Å². The minimum Gasteiger partial charge on any atom is -0.496 e. The second-order valence-electron chi connectivity index (χ2n) is 6.27. The van der Waals surface area contributed by atoms with Crippen LogP contribution in [0.1, 0.15) is 16.2 Å². The number of methoxy groups -OCH3 is 1. The minimum absolute atomic E-state index is 0.0133. The van der Waals surface area contributed by atoms with Crippen molar-refractivity contribution in [1.82, 2.24) is 14.8 Å². The van der Waals surface area contributed by atoms with Gasteiger partial charge in [-0.3, -0.25) is 0 Å². The Hall–Kier alpha value is -3.68. The van der Waals surface area contributed by atoms with Gasteiger partial charge < -0.3 is 14.3 Å². The number of aromatic carboxylic acids is 1. The number of ether oxygens (including phenoxy) is 1. The molecule has 1 N–H and O–H groups in total. The molecule has 0 aliphatic carbocycles. The van der Waals surface area contributed by atoms with Gasteiger partial charge in [0.15, 0.2) is 5.82 Å². The van der Waals surface area contributed by atoms with Gasteiger partial charge in [-0.15, -0.1) is 0 Å². The molecule has 2 aromatic carbocycles. The van der Waals surface area contributed by atoms with Crippen LogP contribution in [0.5, 0.6) is 5.75 Å². The molecule has 0 spiro atoms. The van der Waals surface area contributed by atoms with Crippen LogP contribution in [-0.4, -0.2) is 33.0 Å². The SMILES string of the molecule is COc1cc2c(C(=O)O)c(-c3ccc(F)cc3)oc2cc1-c1nc(C)nn1C. The normalized spacial score (nSPS) is 11.1. The summed E-state index contributed by atoms with van der Waals surface area (Å²) in [6.45, 7) is 1.77. The molecule has 0 fully saturated rings. The van der Waals surface area contributed by atoms with Crippen LogP contribution in [0.2, 0.25) is 0 Å². The van der Waals surface area contributed by atoms with Gasteiger partial charge >= 0.3 is 5.97 Å². The number of benzene rings is 2. The molecule has 0 saturated heterocycles. The number of fused-ring (bicyclic) bond motifs is 1. The first-order chi connectivity index (χ1) is 13.4. The monoisotopic (exact) mass is 381 g/mol. The number of carboxylic acid groups (broad SMARTS) is 1. The highest BCUT2D eigenvalue weighted by molar-refractivity contribution is 6.09. The van der Waals surface area contributed by atoms with Crippen LogP contribution in [0.3, 0.4) is 0 Å². The highest BCUT2D eigenvalue weighted by atomic mass is 19.1. The number of aromatic nitrogens is 3. The fourth-order valence-electron chi connectivity index (χ4n) is 3.23. The Morgan fingerprint density at radius 3 is 2.54 bits per heavy atom. The molecule has 0 saturated carbocycles. The van der Waals surface area contributed by atoms with Crippen LogP contribution in [0.4, 0.5) is 4.39 Å². The number of hydrogen-bond acceptors (Lipinski definition) is 5. The van der Waals surface area contributed by atoms with Gasteiger partial charge in [-0.2, -0.15) is 5.10 Å². The van der Waals surface area contributed by atoms with Gasteiger partial charge in [0.2, 0.25) is 0 Å². The molecule has 2 aromatic heterocycles. The molecule has 0 bridgehead atoms. The maximum Gasteiger partial charge on any atom is 0.340 e. The van der Waals surface area contributed by atoms with Crippen molar-refractivity contribution >= 4 is 16.9 Å². The van der Waals surface area contributed by atoms with Gasteiger partial charge in [-0.1, -0.05) is 0 Å². The summed E-state index contributed by atoms with van der Waals surface area (Å²) in [6, 6.07) is 8.74. The third-order valence-electron chi connectivity index (χ3n) is 4.44. The van der Waals surface area contributed by atoms with Crippen molar-refractivity contribution in [3.63, 3.8) is 0 Å². The Balaban J connectivity index is 2.01. The fourth-order valence-corrected chi connectivity index (χ4v) is 3.23. The summed E-state index contributed by atoms with van der Waals surface area (Å²) in [5, 5.41) is 14.4. The highest BCUT2D eigenvalue weighted by Crippen LogP contribution is 2.40. The molecule has 0 radical (unpaired) electrons. The number of rotatable bonds is 4. The fraction of sp³-hybridized carbons (Fsp3) is 0.150. The molecule has 0 atom stereocenters. The van der Waals surface area contributed by atoms with E-state index in [4.69, 9.17) is 9.15 Å². The first kappa shape index (κ1) is 17.7. The van der Waals surface area contributed by atoms with Gasteiger partial charge in [0.25, 0.3) is 0 Å². The minimum atomic E-state index is -1.15. The molecule has 0 aliphatic heterocycles. The van der Waals surface area contributed by atoms with E-state index in [-0.39, 0.29) is 11.3 Å². The van der Waals surface area contributed by atoms with Crippen LogP contribution >= 0.6 is 0 Å². The summed E-state index contributed by atoms with van der Waals surface area (Å²) < 4.78 is 26.2. The molecule has 4 rings (SSSR count). The molecule has 0 amide bonds. The smallest absolute Gasteiger partial charge is 0.340 e. The molecule has 8 heteroatoms. The predicted octanol–water partition coefficient (Wildman–Crippen LogP) is 4.05. The van der Waals surface area contributed by atoms with Crippen LogP contribution in [-0.2, 0) is 7.05 Å². The van der Waals surface area contributed by atoms with E-state index in [0.29, 0.717) is 39.5 Å². The van der Waals surface area contributed by atoms with Gasteiger partial charge in [0.1, 0.15) is 34.3 Å². The molecule has 7 nitrogen and oxygen atoms in total. The van der Waals surface area contributed by atoms with E-state index >= 15 is 0 Å². The van der Waals surface area contributed by atoms with Crippen molar-refractivity contribution < 1.29 is 23.4 Å². The molecule has 4 aromatic rings. The lowest BCUT2D eigenvalue weighted by atomic mass is 10.0. The van der Waals surface area contributed by atoms with Crippen molar-refractivity contribution in [2.24, 2.45) is 7.05 Å². The Morgan fingerprint density at radius 2 is 1.96 bits per heavy atom. The average Bonchev–Trinajstić information content (AvgIpc) is 3.20. The van der Waals surface area contributed by atoms with E-state index in [1.54, 1.807) is 30.8 Å². The van der Waals surface area contributed by atoms with Gasteiger partial charge in [-0.25, -0.2) is 18.9 Å². The molecule has 0 aliphatic rings. The quantitative estimate of drug-likeness (QED) is 0.574. The standard InChI is InChI=1S/C20H16FN3O4/c1-10-22-19(24(2)23-10)14-9-16-13(8-15(14)27-3)17(20(25)26)18(28-16)11-4-6-12(21)7-5-11/h4-9H,1-3H3,(H,25,26). The van der Waals surface area contributed by atoms with E-state index in [0.717, 1.165) is 0 Å². The number of hydrogen-bond donors (Lipinski definition) is 1. The predicted molar refractivity (Wildman–Crippen MR) is 99.9 cm³/mol. The third-order valence-corrected chi connectivity index (χ3v) is 4.44. The molecule has 2 heterocycles. The number of nitrogens with zero attached hydrogens (tertiary/aromatic N) is 3. The van der Waals surface area contributed by atoms with Gasteiger partial charge in [-0.05, 0) is 43.3 Å². The summed E-state index contributed by atoms with van der Waals surface area (Å²) in [5.41, 5.74) is 1.42. The Morgan fingerprint density at radius 1 is 1.25 bits per heavy atom. The number of carbonyl (C=O) groups is 1. The molecule has 142 valence electrons. The Kier molecular flexibility index (Phi) is 4.11. The summed E-state index contributed by atoms with van der Waals surface area (Å²) in [7, 11) is 3.25. The largest absolute Gasteiger partial charge is 0.496 e. The van der Waals surface area contributed by atoms with Crippen LogP contribution in [0.25, 0.3) is 33.7 Å². The maximum absolute atomic E-state index is 13.3.